The highest BCUT2D eigenvalue weighted by atomic mass is 14.9. The number of rotatable bonds is 1. The highest BCUT2D eigenvalue weighted by Crippen LogP contribution is 2.24. The van der Waals surface area contributed by atoms with E-state index in [2.05, 4.69) is 46.4 Å². The molecule has 0 amide bonds. The van der Waals surface area contributed by atoms with E-state index >= 15 is 0 Å². The molecule has 3 heterocycles. The molecule has 1 saturated heterocycles. The average Bonchev–Trinajstić information content (AvgIpc) is 2.86. The van der Waals surface area contributed by atoms with Crippen molar-refractivity contribution in [1.29, 1.82) is 0 Å². The summed E-state index contributed by atoms with van der Waals surface area (Å²) in [7, 11) is 0. The number of hydrogen-bond acceptors (Lipinski definition) is 1. The second-order valence-corrected chi connectivity index (χ2v) is 3.96. The Morgan fingerprint density at radius 2 is 2.36 bits per heavy atom. The van der Waals surface area contributed by atoms with Crippen LogP contribution in [0.1, 0.15) is 24.4 Å². The van der Waals surface area contributed by atoms with Crippen LogP contribution in [0.3, 0.4) is 0 Å². The van der Waals surface area contributed by atoms with E-state index in [1.54, 1.807) is 0 Å². The van der Waals surface area contributed by atoms with E-state index < -0.39 is 0 Å². The smallest absolute Gasteiger partial charge is 0.0453 e. The minimum atomic E-state index is 0.579. The van der Waals surface area contributed by atoms with Crippen molar-refractivity contribution in [3.05, 3.63) is 42.2 Å². The van der Waals surface area contributed by atoms with Gasteiger partial charge in [-0.25, -0.2) is 0 Å². The van der Waals surface area contributed by atoms with Gasteiger partial charge in [-0.2, -0.15) is 0 Å². The van der Waals surface area contributed by atoms with E-state index in [1.807, 2.05) is 0 Å². The van der Waals surface area contributed by atoms with Gasteiger partial charge in [0.2, 0.25) is 0 Å². The first-order chi connectivity index (χ1) is 6.93. The second-order valence-electron chi connectivity index (χ2n) is 3.96. The molecule has 0 saturated carbocycles. The maximum absolute atomic E-state index is 3.52. The quantitative estimate of drug-likeness (QED) is 0.723. The maximum atomic E-state index is 3.52. The Labute approximate surface area is 83.6 Å². The van der Waals surface area contributed by atoms with Crippen molar-refractivity contribution in [2.24, 2.45) is 0 Å². The molecule has 2 nitrogen and oxygen atoms in total. The highest BCUT2D eigenvalue weighted by molar-refractivity contribution is 5.50. The van der Waals surface area contributed by atoms with Gasteiger partial charge in [0.15, 0.2) is 0 Å². The average molecular weight is 186 g/mol. The lowest BCUT2D eigenvalue weighted by Crippen LogP contribution is -2.11. The summed E-state index contributed by atoms with van der Waals surface area (Å²) in [6.45, 7) is 1.16. The lowest BCUT2D eigenvalue weighted by atomic mass is 10.1. The van der Waals surface area contributed by atoms with Crippen LogP contribution in [0.25, 0.3) is 5.52 Å². The van der Waals surface area contributed by atoms with E-state index in [0.717, 1.165) is 6.54 Å². The van der Waals surface area contributed by atoms with E-state index in [0.29, 0.717) is 6.04 Å². The first-order valence-corrected chi connectivity index (χ1v) is 5.23. The molecule has 1 unspecified atom stereocenters. The summed E-state index contributed by atoms with van der Waals surface area (Å²) in [5, 5.41) is 3.52. The van der Waals surface area contributed by atoms with Gasteiger partial charge in [0.1, 0.15) is 0 Å². The van der Waals surface area contributed by atoms with Crippen molar-refractivity contribution < 1.29 is 0 Å². The summed E-state index contributed by atoms with van der Waals surface area (Å²) in [4.78, 5) is 0. The number of hydrogen-bond donors (Lipinski definition) is 1. The van der Waals surface area contributed by atoms with Gasteiger partial charge < -0.3 is 9.72 Å². The minimum absolute atomic E-state index is 0.579. The van der Waals surface area contributed by atoms with Crippen molar-refractivity contribution in [3.8, 4) is 0 Å². The molecule has 0 aromatic carbocycles. The Hall–Kier alpha value is -1.28. The van der Waals surface area contributed by atoms with E-state index in [1.165, 1.54) is 23.9 Å². The summed E-state index contributed by atoms with van der Waals surface area (Å²) in [5.74, 6) is 0. The molecule has 3 rings (SSSR count). The molecule has 1 aliphatic heterocycles. The molecule has 1 atom stereocenters. The van der Waals surface area contributed by atoms with Gasteiger partial charge in [0.05, 0.1) is 0 Å². The summed E-state index contributed by atoms with van der Waals surface area (Å²) < 4.78 is 2.19. The first kappa shape index (κ1) is 8.06. The standard InChI is InChI=1S/C12H14N2/c1-2-7-14-9-10(8-11(14)4-1)12-5-3-6-13-12/h1-2,4,7-9,12-13H,3,5-6H2. The van der Waals surface area contributed by atoms with Crippen molar-refractivity contribution in [3.63, 3.8) is 0 Å². The molecule has 1 aliphatic rings. The normalized spacial score (nSPS) is 21.9. The molecular weight excluding hydrogens is 172 g/mol. The number of fused-ring (bicyclic) bond motifs is 1. The first-order valence-electron chi connectivity index (χ1n) is 5.23. The van der Waals surface area contributed by atoms with Gasteiger partial charge in [0.25, 0.3) is 0 Å². The van der Waals surface area contributed by atoms with E-state index in [9.17, 15) is 0 Å². The fourth-order valence-corrected chi connectivity index (χ4v) is 2.24. The Balaban J connectivity index is 2.05. The number of nitrogens with one attached hydrogen (secondary N) is 1. The lowest BCUT2D eigenvalue weighted by Gasteiger charge is -2.05. The van der Waals surface area contributed by atoms with Crippen LogP contribution in [-0.4, -0.2) is 10.9 Å². The topological polar surface area (TPSA) is 16.4 Å². The van der Waals surface area contributed by atoms with Crippen molar-refractivity contribution >= 4 is 5.52 Å². The summed E-state index contributed by atoms with van der Waals surface area (Å²) in [5.41, 5.74) is 2.71. The van der Waals surface area contributed by atoms with Crippen LogP contribution in [0, 0.1) is 0 Å². The zero-order chi connectivity index (χ0) is 9.38. The summed E-state index contributed by atoms with van der Waals surface area (Å²) >= 11 is 0. The van der Waals surface area contributed by atoms with Crippen LogP contribution in [0.4, 0.5) is 0 Å². The zero-order valence-corrected chi connectivity index (χ0v) is 8.11. The predicted molar refractivity (Wildman–Crippen MR) is 57.4 cm³/mol. The van der Waals surface area contributed by atoms with Crippen LogP contribution in [0.5, 0.6) is 0 Å². The van der Waals surface area contributed by atoms with Gasteiger partial charge in [-0.3, -0.25) is 0 Å². The van der Waals surface area contributed by atoms with Gasteiger partial charge in [0, 0.05) is 24.0 Å². The third-order valence-corrected chi connectivity index (χ3v) is 2.99. The molecule has 2 aromatic heterocycles. The van der Waals surface area contributed by atoms with Crippen LogP contribution in [-0.2, 0) is 0 Å². The largest absolute Gasteiger partial charge is 0.324 e. The molecule has 2 heteroatoms. The van der Waals surface area contributed by atoms with Gasteiger partial charge in [-0.1, -0.05) is 6.07 Å². The highest BCUT2D eigenvalue weighted by Gasteiger charge is 2.16. The number of aromatic nitrogens is 1. The molecule has 0 aliphatic carbocycles. The summed E-state index contributed by atoms with van der Waals surface area (Å²) in [6, 6.07) is 9.16. The molecule has 2 aromatic rings. The molecule has 14 heavy (non-hydrogen) atoms. The third kappa shape index (κ3) is 1.23. The second kappa shape index (κ2) is 3.14. The molecular formula is C12H14N2. The van der Waals surface area contributed by atoms with Crippen LogP contribution in [0.15, 0.2) is 36.7 Å². The van der Waals surface area contributed by atoms with Crippen molar-refractivity contribution in [1.82, 2.24) is 9.72 Å². The number of pyridine rings is 1. The van der Waals surface area contributed by atoms with Crippen molar-refractivity contribution in [2.75, 3.05) is 6.54 Å². The van der Waals surface area contributed by atoms with Gasteiger partial charge >= 0.3 is 0 Å². The molecule has 1 N–H and O–H groups in total. The van der Waals surface area contributed by atoms with E-state index in [-0.39, 0.29) is 0 Å². The fourth-order valence-electron chi connectivity index (χ4n) is 2.24. The SMILES string of the molecule is c1ccn2cc(C3CCCN3)cc2c1. The predicted octanol–water partition coefficient (Wildman–Crippen LogP) is 2.36. The van der Waals surface area contributed by atoms with Crippen LogP contribution < -0.4 is 5.32 Å². The van der Waals surface area contributed by atoms with Crippen molar-refractivity contribution in [2.45, 2.75) is 18.9 Å². The molecule has 72 valence electrons. The van der Waals surface area contributed by atoms with Gasteiger partial charge in [-0.15, -0.1) is 0 Å². The molecule has 1 fully saturated rings. The zero-order valence-electron chi connectivity index (χ0n) is 8.11. The fraction of sp³-hybridized carbons (Fsp3) is 0.333. The summed E-state index contributed by atoms with van der Waals surface area (Å²) in [6.07, 6.45) is 6.92. The Morgan fingerprint density at radius 1 is 1.36 bits per heavy atom. The van der Waals surface area contributed by atoms with Crippen LogP contribution in [0.2, 0.25) is 0 Å². The Kier molecular flexibility index (Phi) is 1.81. The van der Waals surface area contributed by atoms with E-state index in [4.69, 9.17) is 0 Å². The monoisotopic (exact) mass is 186 g/mol. The maximum Gasteiger partial charge on any atom is 0.0453 e. The third-order valence-electron chi connectivity index (χ3n) is 2.99. The Bertz CT molecular complexity index is 405. The van der Waals surface area contributed by atoms with Gasteiger partial charge in [-0.05, 0) is 43.1 Å². The molecule has 0 radical (unpaired) electrons. The van der Waals surface area contributed by atoms with Crippen LogP contribution >= 0.6 is 0 Å². The lowest BCUT2D eigenvalue weighted by molar-refractivity contribution is 0.648. The number of nitrogens with zero attached hydrogens (tertiary/aromatic N) is 1. The minimum Gasteiger partial charge on any atom is -0.324 e. The Morgan fingerprint density at radius 3 is 3.14 bits per heavy atom. The molecule has 0 spiro atoms. The molecule has 0 bridgehead atoms.